The predicted molar refractivity (Wildman–Crippen MR) is 105 cm³/mol. The first-order valence-electron chi connectivity index (χ1n) is 8.18. The van der Waals surface area contributed by atoms with Gasteiger partial charge in [-0.2, -0.15) is 0 Å². The Labute approximate surface area is 170 Å². The highest BCUT2D eigenvalue weighted by Crippen LogP contribution is 2.20. The molecule has 2 rings (SSSR count). The van der Waals surface area contributed by atoms with Gasteiger partial charge in [-0.3, -0.25) is 9.52 Å². The Morgan fingerprint density at radius 2 is 1.89 bits per heavy atom. The lowest BCUT2D eigenvalue weighted by Gasteiger charge is -2.22. The van der Waals surface area contributed by atoms with Crippen LogP contribution in [0.4, 0.5) is 14.5 Å². The molecule has 10 heteroatoms. The minimum Gasteiger partial charge on any atom is -0.383 e. The number of carbonyl (C=O) groups is 1. The summed E-state index contributed by atoms with van der Waals surface area (Å²) in [7, 11) is -2.56. The molecule has 0 heterocycles. The molecule has 0 aliphatic rings. The molecule has 152 valence electrons. The van der Waals surface area contributed by atoms with E-state index < -0.39 is 28.9 Å². The van der Waals surface area contributed by atoms with Crippen LogP contribution in [0.3, 0.4) is 0 Å². The quantitative estimate of drug-likeness (QED) is 0.599. The second-order valence-corrected chi connectivity index (χ2v) is 8.37. The predicted octanol–water partition coefficient (Wildman–Crippen LogP) is 3.60. The van der Waals surface area contributed by atoms with Crippen LogP contribution in [0.1, 0.15) is 10.4 Å². The maximum absolute atomic E-state index is 12.8. The summed E-state index contributed by atoms with van der Waals surface area (Å²) in [6, 6.07) is 11.8. The summed E-state index contributed by atoms with van der Waals surface area (Å²) in [6.45, 7) is -0.717. The first kappa shape index (κ1) is 22.3. The molecule has 2 aromatic carbocycles. The molecule has 0 radical (unpaired) electrons. The van der Waals surface area contributed by atoms with Crippen molar-refractivity contribution < 1.29 is 26.7 Å². The highest BCUT2D eigenvalue weighted by atomic mass is 79.9. The van der Waals surface area contributed by atoms with Crippen molar-refractivity contribution in [2.75, 3.05) is 31.5 Å². The number of hydrogen-bond acceptors (Lipinski definition) is 4. The third kappa shape index (κ3) is 6.25. The molecule has 0 saturated heterocycles. The molecule has 0 aromatic heterocycles. The minimum absolute atomic E-state index is 0.00423. The fourth-order valence-corrected chi connectivity index (χ4v) is 3.72. The number of methoxy groups -OCH3 is 1. The van der Waals surface area contributed by atoms with Gasteiger partial charge in [-0.1, -0.05) is 22.0 Å². The van der Waals surface area contributed by atoms with E-state index >= 15 is 0 Å². The Kier molecular flexibility index (Phi) is 7.90. The molecule has 0 fully saturated rings. The van der Waals surface area contributed by atoms with Crippen LogP contribution in [0.25, 0.3) is 0 Å². The standard InChI is InChI=1S/C18H19BrF2N2O4S/c1-27-10-9-23(12-17(20)21)18(24)13-3-2-4-16(11-13)28(25,26)22-15-7-5-14(19)6-8-15/h2-8,11,17,22H,9-10,12H2,1H3. The zero-order chi connectivity index (χ0) is 20.7. The van der Waals surface area contributed by atoms with Gasteiger partial charge >= 0.3 is 0 Å². The molecule has 0 aliphatic heterocycles. The Bertz CT molecular complexity index is 908. The van der Waals surface area contributed by atoms with Crippen LogP contribution >= 0.6 is 15.9 Å². The zero-order valence-corrected chi connectivity index (χ0v) is 17.3. The Morgan fingerprint density at radius 1 is 1.21 bits per heavy atom. The van der Waals surface area contributed by atoms with Gasteiger partial charge in [0, 0.05) is 29.4 Å². The zero-order valence-electron chi connectivity index (χ0n) is 14.9. The molecule has 0 atom stereocenters. The number of benzene rings is 2. The van der Waals surface area contributed by atoms with Gasteiger partial charge in [-0.15, -0.1) is 0 Å². The molecule has 0 unspecified atom stereocenters. The maximum atomic E-state index is 12.8. The Hall–Kier alpha value is -2.04. The van der Waals surface area contributed by atoms with Crippen molar-refractivity contribution in [3.05, 3.63) is 58.6 Å². The number of anilines is 1. The summed E-state index contributed by atoms with van der Waals surface area (Å²) in [6.07, 6.45) is -2.72. The van der Waals surface area contributed by atoms with Crippen LogP contribution in [0.2, 0.25) is 0 Å². The van der Waals surface area contributed by atoms with Gasteiger partial charge in [0.15, 0.2) is 0 Å². The normalized spacial score (nSPS) is 11.5. The number of nitrogens with one attached hydrogen (secondary N) is 1. The maximum Gasteiger partial charge on any atom is 0.261 e. The first-order chi connectivity index (χ1) is 13.2. The van der Waals surface area contributed by atoms with Crippen molar-refractivity contribution >= 4 is 37.5 Å². The number of hydrogen-bond donors (Lipinski definition) is 1. The molecule has 2 aromatic rings. The molecule has 1 amide bonds. The lowest BCUT2D eigenvalue weighted by Crippen LogP contribution is -2.37. The summed E-state index contributed by atoms with van der Waals surface area (Å²) in [5, 5.41) is 0. The van der Waals surface area contributed by atoms with Gasteiger partial charge in [0.05, 0.1) is 18.0 Å². The van der Waals surface area contributed by atoms with Gasteiger partial charge in [0.25, 0.3) is 22.4 Å². The van der Waals surface area contributed by atoms with E-state index in [0.717, 1.165) is 15.4 Å². The SMILES string of the molecule is COCCN(CC(F)F)C(=O)c1cccc(S(=O)(=O)Nc2ccc(Br)cc2)c1. The summed E-state index contributed by atoms with van der Waals surface area (Å²) >= 11 is 3.26. The van der Waals surface area contributed by atoms with Crippen molar-refractivity contribution in [2.45, 2.75) is 11.3 Å². The molecule has 28 heavy (non-hydrogen) atoms. The van der Waals surface area contributed by atoms with Gasteiger partial charge in [0.2, 0.25) is 0 Å². The Morgan fingerprint density at radius 3 is 2.50 bits per heavy atom. The summed E-state index contributed by atoms with van der Waals surface area (Å²) < 4.78 is 58.8. The van der Waals surface area contributed by atoms with Crippen molar-refractivity contribution in [1.82, 2.24) is 4.90 Å². The van der Waals surface area contributed by atoms with E-state index in [9.17, 15) is 22.0 Å². The molecule has 6 nitrogen and oxygen atoms in total. The van der Waals surface area contributed by atoms with Gasteiger partial charge in [-0.25, -0.2) is 17.2 Å². The molecule has 0 aliphatic carbocycles. The van der Waals surface area contributed by atoms with Crippen molar-refractivity contribution in [3.63, 3.8) is 0 Å². The molecular weight excluding hydrogens is 458 g/mol. The van der Waals surface area contributed by atoms with E-state index in [0.29, 0.717) is 5.69 Å². The van der Waals surface area contributed by atoms with Gasteiger partial charge in [-0.05, 0) is 42.5 Å². The largest absolute Gasteiger partial charge is 0.383 e. The molecule has 0 spiro atoms. The second-order valence-electron chi connectivity index (χ2n) is 5.78. The fraction of sp³-hybridized carbons (Fsp3) is 0.278. The number of ether oxygens (including phenoxy) is 1. The second kappa shape index (κ2) is 9.94. The monoisotopic (exact) mass is 476 g/mol. The van der Waals surface area contributed by atoms with Crippen LogP contribution in [-0.2, 0) is 14.8 Å². The van der Waals surface area contributed by atoms with Crippen LogP contribution < -0.4 is 4.72 Å². The van der Waals surface area contributed by atoms with E-state index in [2.05, 4.69) is 20.7 Å². The number of carbonyl (C=O) groups excluding carboxylic acids is 1. The average Bonchev–Trinajstić information content (AvgIpc) is 2.66. The fourth-order valence-electron chi connectivity index (χ4n) is 2.35. The number of rotatable bonds is 9. The molecular formula is C18H19BrF2N2O4S. The molecule has 1 N–H and O–H groups in total. The number of amides is 1. The number of alkyl halides is 2. The van der Waals surface area contributed by atoms with Crippen LogP contribution in [0, 0.1) is 0 Å². The van der Waals surface area contributed by atoms with Crippen molar-refractivity contribution in [2.24, 2.45) is 0 Å². The van der Waals surface area contributed by atoms with E-state index in [4.69, 9.17) is 4.74 Å². The van der Waals surface area contributed by atoms with E-state index in [-0.39, 0.29) is 23.6 Å². The summed E-state index contributed by atoms with van der Waals surface area (Å²) in [4.78, 5) is 13.4. The lowest BCUT2D eigenvalue weighted by molar-refractivity contribution is 0.0478. The van der Waals surface area contributed by atoms with Crippen molar-refractivity contribution in [3.8, 4) is 0 Å². The highest BCUT2D eigenvalue weighted by molar-refractivity contribution is 9.10. The average molecular weight is 477 g/mol. The van der Waals surface area contributed by atoms with E-state index in [1.54, 1.807) is 24.3 Å². The minimum atomic E-state index is -3.96. The first-order valence-corrected chi connectivity index (χ1v) is 10.5. The third-order valence-electron chi connectivity index (χ3n) is 3.70. The third-order valence-corrected chi connectivity index (χ3v) is 5.61. The van der Waals surface area contributed by atoms with Crippen LogP contribution in [0.5, 0.6) is 0 Å². The molecule has 0 saturated carbocycles. The Balaban J connectivity index is 2.25. The topological polar surface area (TPSA) is 75.7 Å². The number of nitrogens with zero attached hydrogens (tertiary/aromatic N) is 1. The highest BCUT2D eigenvalue weighted by Gasteiger charge is 2.22. The molecule has 0 bridgehead atoms. The van der Waals surface area contributed by atoms with E-state index in [1.165, 1.54) is 25.3 Å². The van der Waals surface area contributed by atoms with Gasteiger partial charge in [0.1, 0.15) is 0 Å². The number of halogens is 3. The summed E-state index contributed by atoms with van der Waals surface area (Å²) in [5.41, 5.74) is 0.342. The van der Waals surface area contributed by atoms with Gasteiger partial charge < -0.3 is 9.64 Å². The van der Waals surface area contributed by atoms with Crippen LogP contribution in [-0.4, -0.2) is 52.5 Å². The van der Waals surface area contributed by atoms with E-state index in [1.807, 2.05) is 0 Å². The summed E-state index contributed by atoms with van der Waals surface area (Å²) in [5.74, 6) is -0.696. The lowest BCUT2D eigenvalue weighted by atomic mass is 10.2. The van der Waals surface area contributed by atoms with Crippen LogP contribution in [0.15, 0.2) is 57.9 Å². The smallest absolute Gasteiger partial charge is 0.261 e. The van der Waals surface area contributed by atoms with Crippen molar-refractivity contribution in [1.29, 1.82) is 0 Å². The number of sulfonamides is 1.